The largest absolute Gasteiger partial charge is 0.367 e. The first-order chi connectivity index (χ1) is 12.8. The van der Waals surface area contributed by atoms with Crippen molar-refractivity contribution in [2.75, 3.05) is 5.32 Å². The molecule has 1 fully saturated rings. The van der Waals surface area contributed by atoms with Gasteiger partial charge in [-0.1, -0.05) is 11.6 Å². The van der Waals surface area contributed by atoms with Crippen molar-refractivity contribution >= 4 is 35.7 Å². The van der Waals surface area contributed by atoms with Crippen LogP contribution < -0.4 is 10.6 Å². The highest BCUT2D eigenvalue weighted by atomic mass is 35.5. The minimum Gasteiger partial charge on any atom is -0.367 e. The number of carbonyl (C=O) groups is 1. The monoisotopic (exact) mass is 425 g/mol. The van der Waals surface area contributed by atoms with Crippen LogP contribution in [0, 0.1) is 26.6 Å². The molecule has 0 radical (unpaired) electrons. The van der Waals surface area contributed by atoms with Gasteiger partial charge in [0, 0.05) is 23.3 Å². The molecule has 7 heteroatoms. The van der Waals surface area contributed by atoms with Gasteiger partial charge in [-0.25, -0.2) is 9.37 Å². The standard InChI is InChI=1S/C21H25ClFN3O.ClH/c1-12-10-20(24-14(3)13(12)2)25-16-5-7-17(8-6-16)26-21(27)15-4-9-19(23)18(22)11-15;/h4,9-11,16-17H,5-8H2,1-3H3,(H,24,25)(H,26,27);1H/t16-,17+;. The van der Waals surface area contributed by atoms with E-state index in [1.54, 1.807) is 0 Å². The molecule has 2 aromatic rings. The first-order valence-corrected chi connectivity index (χ1v) is 9.68. The lowest BCUT2D eigenvalue weighted by Crippen LogP contribution is -2.40. The summed E-state index contributed by atoms with van der Waals surface area (Å²) in [4.78, 5) is 17.0. The predicted molar refractivity (Wildman–Crippen MR) is 114 cm³/mol. The van der Waals surface area contributed by atoms with E-state index in [4.69, 9.17) is 11.6 Å². The second-order valence-corrected chi connectivity index (χ2v) is 7.74. The zero-order valence-electron chi connectivity index (χ0n) is 16.3. The Balaban J connectivity index is 0.00000280. The summed E-state index contributed by atoms with van der Waals surface area (Å²) in [6.45, 7) is 6.22. The van der Waals surface area contributed by atoms with Crippen molar-refractivity contribution in [2.45, 2.75) is 58.5 Å². The molecule has 1 aliphatic carbocycles. The van der Waals surface area contributed by atoms with E-state index in [0.29, 0.717) is 11.6 Å². The zero-order valence-corrected chi connectivity index (χ0v) is 17.9. The molecule has 28 heavy (non-hydrogen) atoms. The topological polar surface area (TPSA) is 54.0 Å². The maximum Gasteiger partial charge on any atom is 0.251 e. The average Bonchev–Trinajstić information content (AvgIpc) is 2.63. The summed E-state index contributed by atoms with van der Waals surface area (Å²) in [5.74, 6) is 0.193. The number of nitrogens with zero attached hydrogens (tertiary/aromatic N) is 1. The lowest BCUT2D eigenvalue weighted by atomic mass is 9.91. The summed E-state index contributed by atoms with van der Waals surface area (Å²) >= 11 is 5.76. The number of hydrogen-bond acceptors (Lipinski definition) is 3. The summed E-state index contributed by atoms with van der Waals surface area (Å²) in [6, 6.07) is 6.61. The fraction of sp³-hybridized carbons (Fsp3) is 0.429. The van der Waals surface area contributed by atoms with Gasteiger partial charge in [-0.2, -0.15) is 0 Å². The SMILES string of the molecule is Cc1cc(N[C@H]2CC[C@@H](NC(=O)c3ccc(F)c(Cl)c3)CC2)nc(C)c1C.Cl. The first kappa shape index (κ1) is 22.4. The second kappa shape index (κ2) is 9.57. The number of aromatic nitrogens is 1. The van der Waals surface area contributed by atoms with Crippen molar-refractivity contribution in [1.82, 2.24) is 10.3 Å². The lowest BCUT2D eigenvalue weighted by molar-refractivity contribution is 0.0926. The second-order valence-electron chi connectivity index (χ2n) is 7.33. The van der Waals surface area contributed by atoms with Gasteiger partial charge in [-0.15, -0.1) is 12.4 Å². The molecule has 0 saturated heterocycles. The number of rotatable bonds is 4. The molecule has 0 spiro atoms. The highest BCUT2D eigenvalue weighted by Crippen LogP contribution is 2.24. The van der Waals surface area contributed by atoms with Crippen LogP contribution in [0.2, 0.25) is 5.02 Å². The van der Waals surface area contributed by atoms with Crippen LogP contribution in [0.5, 0.6) is 0 Å². The number of carbonyl (C=O) groups excluding carboxylic acids is 1. The number of amides is 1. The van der Waals surface area contributed by atoms with E-state index < -0.39 is 5.82 Å². The molecule has 1 heterocycles. The van der Waals surface area contributed by atoms with Crippen molar-refractivity contribution < 1.29 is 9.18 Å². The van der Waals surface area contributed by atoms with Gasteiger partial charge in [0.2, 0.25) is 0 Å². The summed E-state index contributed by atoms with van der Waals surface area (Å²) in [5.41, 5.74) is 3.91. The number of halogens is 3. The van der Waals surface area contributed by atoms with Crippen LogP contribution in [0.3, 0.4) is 0 Å². The molecule has 0 aliphatic heterocycles. The van der Waals surface area contributed by atoms with Gasteiger partial charge in [0.25, 0.3) is 5.91 Å². The molecule has 1 saturated carbocycles. The number of pyridine rings is 1. The van der Waals surface area contributed by atoms with Crippen LogP contribution in [0.15, 0.2) is 24.3 Å². The van der Waals surface area contributed by atoms with Crippen LogP contribution in [-0.2, 0) is 0 Å². The predicted octanol–water partition coefficient (Wildman–Crippen LogP) is 5.37. The van der Waals surface area contributed by atoms with E-state index >= 15 is 0 Å². The van der Waals surface area contributed by atoms with Crippen LogP contribution in [0.25, 0.3) is 0 Å². The summed E-state index contributed by atoms with van der Waals surface area (Å²) in [5, 5.41) is 6.52. The first-order valence-electron chi connectivity index (χ1n) is 9.31. The Morgan fingerprint density at radius 2 is 1.75 bits per heavy atom. The minimum absolute atomic E-state index is 0. The highest BCUT2D eigenvalue weighted by molar-refractivity contribution is 6.31. The number of nitrogens with one attached hydrogen (secondary N) is 2. The third-order valence-electron chi connectivity index (χ3n) is 5.37. The Bertz CT molecular complexity index is 829. The van der Waals surface area contributed by atoms with E-state index in [2.05, 4.69) is 35.5 Å². The summed E-state index contributed by atoms with van der Waals surface area (Å²) < 4.78 is 13.2. The van der Waals surface area contributed by atoms with Gasteiger partial charge >= 0.3 is 0 Å². The zero-order chi connectivity index (χ0) is 19.6. The molecule has 4 nitrogen and oxygen atoms in total. The minimum atomic E-state index is -0.519. The van der Waals surface area contributed by atoms with Gasteiger partial charge in [0.15, 0.2) is 0 Å². The van der Waals surface area contributed by atoms with Crippen LogP contribution in [0.4, 0.5) is 10.2 Å². The normalized spacial score (nSPS) is 18.9. The van der Waals surface area contributed by atoms with Gasteiger partial charge in [0.05, 0.1) is 5.02 Å². The molecule has 3 rings (SSSR count). The quantitative estimate of drug-likeness (QED) is 0.691. The Labute approximate surface area is 176 Å². The molecule has 1 aromatic heterocycles. The van der Waals surface area contributed by atoms with E-state index in [1.165, 1.54) is 29.3 Å². The van der Waals surface area contributed by atoms with Crippen LogP contribution in [0.1, 0.15) is 52.9 Å². The lowest BCUT2D eigenvalue weighted by Gasteiger charge is -2.30. The molecule has 1 aromatic carbocycles. The van der Waals surface area contributed by atoms with Gasteiger partial charge in [-0.05, 0) is 81.8 Å². The van der Waals surface area contributed by atoms with Gasteiger partial charge in [-0.3, -0.25) is 4.79 Å². The van der Waals surface area contributed by atoms with Crippen LogP contribution in [-0.4, -0.2) is 23.0 Å². The maximum atomic E-state index is 13.2. The third-order valence-corrected chi connectivity index (χ3v) is 5.66. The van der Waals surface area contributed by atoms with E-state index in [-0.39, 0.29) is 29.4 Å². The van der Waals surface area contributed by atoms with E-state index in [1.807, 2.05) is 6.92 Å². The number of anilines is 1. The van der Waals surface area contributed by atoms with E-state index in [9.17, 15) is 9.18 Å². The molecule has 0 atom stereocenters. The average molecular weight is 426 g/mol. The Hall–Kier alpha value is -1.85. The number of benzene rings is 1. The Morgan fingerprint density at radius 1 is 1.11 bits per heavy atom. The molecular formula is C21H26Cl2FN3O. The molecule has 152 valence electrons. The van der Waals surface area contributed by atoms with Gasteiger partial charge < -0.3 is 10.6 Å². The Morgan fingerprint density at radius 3 is 2.36 bits per heavy atom. The highest BCUT2D eigenvalue weighted by Gasteiger charge is 2.23. The van der Waals surface area contributed by atoms with Crippen LogP contribution >= 0.6 is 24.0 Å². The number of hydrogen-bond donors (Lipinski definition) is 2. The molecule has 0 bridgehead atoms. The van der Waals surface area contributed by atoms with Crippen molar-refractivity contribution in [3.05, 3.63) is 57.5 Å². The summed E-state index contributed by atoms with van der Waals surface area (Å²) in [7, 11) is 0. The summed E-state index contributed by atoms with van der Waals surface area (Å²) in [6.07, 6.45) is 3.70. The fourth-order valence-corrected chi connectivity index (χ4v) is 3.65. The molecule has 1 amide bonds. The van der Waals surface area contributed by atoms with Gasteiger partial charge in [0.1, 0.15) is 11.6 Å². The fourth-order valence-electron chi connectivity index (χ4n) is 3.47. The number of aryl methyl sites for hydroxylation is 2. The van der Waals surface area contributed by atoms with Crippen molar-refractivity contribution in [1.29, 1.82) is 0 Å². The maximum absolute atomic E-state index is 13.2. The van der Waals surface area contributed by atoms with Crippen molar-refractivity contribution in [3.8, 4) is 0 Å². The molecular weight excluding hydrogens is 400 g/mol. The molecule has 1 aliphatic rings. The smallest absolute Gasteiger partial charge is 0.251 e. The Kier molecular flexibility index (Phi) is 7.67. The molecule has 0 unspecified atom stereocenters. The third kappa shape index (κ3) is 5.36. The molecule has 2 N–H and O–H groups in total. The van der Waals surface area contributed by atoms with E-state index in [0.717, 1.165) is 37.2 Å². The van der Waals surface area contributed by atoms with Crippen molar-refractivity contribution in [3.63, 3.8) is 0 Å². The van der Waals surface area contributed by atoms with Crippen molar-refractivity contribution in [2.24, 2.45) is 0 Å².